The number of nitrogens with one attached hydrogen (secondary N) is 1. The van der Waals surface area contributed by atoms with Gasteiger partial charge < -0.3 is 24.6 Å². The highest BCUT2D eigenvalue weighted by atomic mass is 16.5. The van der Waals surface area contributed by atoms with E-state index in [0.29, 0.717) is 43.2 Å². The van der Waals surface area contributed by atoms with E-state index in [4.69, 9.17) is 9.47 Å². The average Bonchev–Trinajstić information content (AvgIpc) is 2.60. The number of carbonyl (C=O) groups excluding carboxylic acids is 2. The fraction of sp³-hybridized carbons (Fsp3) is 0.529. The molecule has 0 aliphatic carbocycles. The maximum atomic E-state index is 12.7. The van der Waals surface area contributed by atoms with Gasteiger partial charge in [-0.15, -0.1) is 0 Å². The lowest BCUT2D eigenvalue weighted by Crippen LogP contribution is -2.54. The lowest BCUT2D eigenvalue weighted by molar-refractivity contribution is 0.0663. The van der Waals surface area contributed by atoms with Crippen LogP contribution in [0.5, 0.6) is 11.5 Å². The number of nitrogens with zero attached hydrogens (tertiary/aromatic N) is 2. The van der Waals surface area contributed by atoms with Gasteiger partial charge in [-0.1, -0.05) is 0 Å². The first-order chi connectivity index (χ1) is 11.4. The van der Waals surface area contributed by atoms with Gasteiger partial charge in [0.2, 0.25) is 0 Å². The highest BCUT2D eigenvalue weighted by Gasteiger charge is 2.25. The van der Waals surface area contributed by atoms with Gasteiger partial charge in [0.15, 0.2) is 0 Å². The minimum Gasteiger partial charge on any atom is -0.497 e. The molecule has 132 valence electrons. The van der Waals surface area contributed by atoms with Gasteiger partial charge in [-0.05, 0) is 26.0 Å². The number of hydrogen-bond acceptors (Lipinski definition) is 4. The third kappa shape index (κ3) is 4.31. The number of amides is 3. The topological polar surface area (TPSA) is 71.1 Å². The van der Waals surface area contributed by atoms with Gasteiger partial charge in [-0.25, -0.2) is 4.79 Å². The van der Waals surface area contributed by atoms with Crippen LogP contribution in [0.3, 0.4) is 0 Å². The Morgan fingerprint density at radius 3 is 1.92 bits per heavy atom. The summed E-state index contributed by atoms with van der Waals surface area (Å²) in [7, 11) is 3.10. The lowest BCUT2D eigenvalue weighted by Gasteiger charge is -2.35. The smallest absolute Gasteiger partial charge is 0.317 e. The summed E-state index contributed by atoms with van der Waals surface area (Å²) >= 11 is 0. The number of carbonyl (C=O) groups is 2. The molecule has 0 bridgehead atoms. The molecule has 0 spiro atoms. The monoisotopic (exact) mass is 335 g/mol. The summed E-state index contributed by atoms with van der Waals surface area (Å²) in [6, 6.07) is 5.14. The summed E-state index contributed by atoms with van der Waals surface area (Å²) in [6.07, 6.45) is 0. The van der Waals surface area contributed by atoms with Crippen molar-refractivity contribution in [1.29, 1.82) is 0 Å². The van der Waals surface area contributed by atoms with Crippen molar-refractivity contribution < 1.29 is 19.1 Å². The summed E-state index contributed by atoms with van der Waals surface area (Å²) in [5.41, 5.74) is 0.520. The van der Waals surface area contributed by atoms with E-state index < -0.39 is 0 Å². The second-order valence-corrected chi connectivity index (χ2v) is 5.98. The molecule has 7 heteroatoms. The van der Waals surface area contributed by atoms with E-state index in [1.807, 2.05) is 13.8 Å². The van der Waals surface area contributed by atoms with Crippen molar-refractivity contribution >= 4 is 11.9 Å². The van der Waals surface area contributed by atoms with Gasteiger partial charge in [0.1, 0.15) is 11.5 Å². The molecule has 0 unspecified atom stereocenters. The van der Waals surface area contributed by atoms with E-state index in [1.54, 1.807) is 42.2 Å². The van der Waals surface area contributed by atoms with E-state index in [2.05, 4.69) is 5.32 Å². The van der Waals surface area contributed by atoms with Crippen molar-refractivity contribution in [2.45, 2.75) is 19.9 Å². The second kappa shape index (κ2) is 7.90. The predicted octanol–water partition coefficient (Wildman–Crippen LogP) is 1.58. The molecule has 1 saturated heterocycles. The van der Waals surface area contributed by atoms with Crippen molar-refractivity contribution in [3.8, 4) is 11.5 Å². The molecule has 3 amide bonds. The Balaban J connectivity index is 2.01. The SMILES string of the molecule is COc1cc(OC)cc(C(=O)N2CCN(C(=O)NC(C)C)CC2)c1. The summed E-state index contributed by atoms with van der Waals surface area (Å²) in [5, 5.41) is 2.87. The van der Waals surface area contributed by atoms with Crippen LogP contribution in [-0.2, 0) is 0 Å². The van der Waals surface area contributed by atoms with Crippen LogP contribution in [-0.4, -0.2) is 68.2 Å². The largest absolute Gasteiger partial charge is 0.497 e. The molecule has 0 atom stereocenters. The summed E-state index contributed by atoms with van der Waals surface area (Å²) < 4.78 is 10.4. The maximum absolute atomic E-state index is 12.7. The van der Waals surface area contributed by atoms with E-state index >= 15 is 0 Å². The molecule has 0 aromatic heterocycles. The Kier molecular flexibility index (Phi) is 5.89. The molecule has 1 heterocycles. The Bertz CT molecular complexity index is 573. The first-order valence-electron chi connectivity index (χ1n) is 8.02. The first-order valence-corrected chi connectivity index (χ1v) is 8.02. The van der Waals surface area contributed by atoms with Crippen LogP contribution < -0.4 is 14.8 Å². The number of urea groups is 1. The number of rotatable bonds is 4. The summed E-state index contributed by atoms with van der Waals surface area (Å²) in [6.45, 7) is 5.90. The van der Waals surface area contributed by atoms with Gasteiger partial charge in [-0.3, -0.25) is 4.79 Å². The minimum absolute atomic E-state index is 0.0832. The Morgan fingerprint density at radius 1 is 0.958 bits per heavy atom. The maximum Gasteiger partial charge on any atom is 0.317 e. The Labute approximate surface area is 142 Å². The van der Waals surface area contributed by atoms with Crippen molar-refractivity contribution in [3.05, 3.63) is 23.8 Å². The third-order valence-electron chi connectivity index (χ3n) is 3.86. The van der Waals surface area contributed by atoms with E-state index in [9.17, 15) is 9.59 Å². The van der Waals surface area contributed by atoms with Crippen LogP contribution in [0, 0.1) is 0 Å². The van der Waals surface area contributed by atoms with Gasteiger partial charge in [0.25, 0.3) is 5.91 Å². The fourth-order valence-electron chi connectivity index (χ4n) is 2.56. The van der Waals surface area contributed by atoms with E-state index in [1.165, 1.54) is 0 Å². The summed E-state index contributed by atoms with van der Waals surface area (Å²) in [5.74, 6) is 1.07. The zero-order chi connectivity index (χ0) is 17.7. The van der Waals surface area contributed by atoms with Gasteiger partial charge >= 0.3 is 6.03 Å². The molecule has 1 fully saturated rings. The molecule has 0 radical (unpaired) electrons. The lowest BCUT2D eigenvalue weighted by atomic mass is 10.1. The standard InChI is InChI=1S/C17H25N3O4/c1-12(2)18-17(22)20-7-5-19(6-8-20)16(21)13-9-14(23-3)11-15(10-13)24-4/h9-12H,5-8H2,1-4H3,(H,18,22). The number of methoxy groups -OCH3 is 2. The Morgan fingerprint density at radius 2 is 1.46 bits per heavy atom. The van der Waals surface area contributed by atoms with Gasteiger partial charge in [0.05, 0.1) is 14.2 Å². The molecular formula is C17H25N3O4. The van der Waals surface area contributed by atoms with E-state index in [-0.39, 0.29) is 18.0 Å². The third-order valence-corrected chi connectivity index (χ3v) is 3.86. The zero-order valence-electron chi connectivity index (χ0n) is 14.7. The van der Waals surface area contributed by atoms with Crippen LogP contribution in [0.25, 0.3) is 0 Å². The van der Waals surface area contributed by atoms with Crippen molar-refractivity contribution in [2.24, 2.45) is 0 Å². The van der Waals surface area contributed by atoms with Crippen LogP contribution in [0.15, 0.2) is 18.2 Å². The quantitative estimate of drug-likeness (QED) is 0.907. The molecule has 7 nitrogen and oxygen atoms in total. The van der Waals surface area contributed by atoms with Gasteiger partial charge in [-0.2, -0.15) is 0 Å². The number of benzene rings is 1. The predicted molar refractivity (Wildman–Crippen MR) is 90.7 cm³/mol. The van der Waals surface area contributed by atoms with Crippen LogP contribution in [0.2, 0.25) is 0 Å². The van der Waals surface area contributed by atoms with Crippen molar-refractivity contribution in [1.82, 2.24) is 15.1 Å². The highest BCUT2D eigenvalue weighted by molar-refractivity contribution is 5.95. The fourth-order valence-corrected chi connectivity index (χ4v) is 2.56. The summed E-state index contributed by atoms with van der Waals surface area (Å²) in [4.78, 5) is 28.2. The van der Waals surface area contributed by atoms with Crippen LogP contribution >= 0.6 is 0 Å². The second-order valence-electron chi connectivity index (χ2n) is 5.98. The molecule has 1 aliphatic rings. The molecule has 1 aromatic rings. The number of ether oxygens (including phenoxy) is 2. The van der Waals surface area contributed by atoms with Crippen LogP contribution in [0.1, 0.15) is 24.2 Å². The van der Waals surface area contributed by atoms with E-state index in [0.717, 1.165) is 0 Å². The van der Waals surface area contributed by atoms with Crippen molar-refractivity contribution in [2.75, 3.05) is 40.4 Å². The highest BCUT2D eigenvalue weighted by Crippen LogP contribution is 2.23. The average molecular weight is 335 g/mol. The molecule has 2 rings (SSSR count). The Hall–Kier alpha value is -2.44. The normalized spacial score (nSPS) is 14.5. The molecule has 1 N–H and O–H groups in total. The first kappa shape index (κ1) is 17.9. The van der Waals surface area contributed by atoms with Gasteiger partial charge in [0, 0.05) is 43.9 Å². The number of piperazine rings is 1. The molecule has 1 aliphatic heterocycles. The molecule has 1 aromatic carbocycles. The number of hydrogen-bond donors (Lipinski definition) is 1. The molecule has 0 saturated carbocycles. The molecular weight excluding hydrogens is 310 g/mol. The molecule has 24 heavy (non-hydrogen) atoms. The van der Waals surface area contributed by atoms with Crippen LogP contribution in [0.4, 0.5) is 4.79 Å². The minimum atomic E-state index is -0.0869. The zero-order valence-corrected chi connectivity index (χ0v) is 14.7. The van der Waals surface area contributed by atoms with Crippen molar-refractivity contribution in [3.63, 3.8) is 0 Å².